The van der Waals surface area contributed by atoms with E-state index in [4.69, 9.17) is 32.7 Å². The summed E-state index contributed by atoms with van der Waals surface area (Å²) >= 11 is 18.0. The van der Waals surface area contributed by atoms with Crippen molar-refractivity contribution >= 4 is 55.1 Å². The van der Waals surface area contributed by atoms with Crippen molar-refractivity contribution in [2.24, 2.45) is 0 Å². The topological polar surface area (TPSA) is 57.1 Å². The number of benzene rings is 1. The zero-order chi connectivity index (χ0) is 14.0. The minimum Gasteiger partial charge on any atom is -0.496 e. The number of hydrogen-bond donors (Lipinski definition) is 0. The van der Waals surface area contributed by atoms with Gasteiger partial charge in [-0.2, -0.15) is 15.0 Å². The fourth-order valence-electron chi connectivity index (χ4n) is 1.20. The summed E-state index contributed by atoms with van der Waals surface area (Å²) in [5, 5.41) is -0.0857. The van der Waals surface area contributed by atoms with Crippen molar-refractivity contribution in [3.05, 3.63) is 31.6 Å². The average molecular weight is 430 g/mol. The summed E-state index contributed by atoms with van der Waals surface area (Å²) in [6.07, 6.45) is 0. The standard InChI is InChI=1S/C10H5Br2Cl2N3O2/c1-18-6-2-5(12)7(3-4(6)11)19-10-16-8(13)15-9(14)17-10/h2-3H,1H3. The Hall–Kier alpha value is -0.630. The van der Waals surface area contributed by atoms with Crippen LogP contribution in [-0.4, -0.2) is 22.1 Å². The monoisotopic (exact) mass is 427 g/mol. The number of nitrogens with zero attached hydrogens (tertiary/aromatic N) is 3. The van der Waals surface area contributed by atoms with E-state index in [0.29, 0.717) is 16.0 Å². The van der Waals surface area contributed by atoms with Gasteiger partial charge in [-0.15, -0.1) is 0 Å². The lowest BCUT2D eigenvalue weighted by Gasteiger charge is -2.09. The maximum Gasteiger partial charge on any atom is 0.327 e. The Kier molecular flexibility index (Phi) is 4.83. The molecule has 1 aromatic carbocycles. The highest BCUT2D eigenvalue weighted by Crippen LogP contribution is 2.37. The minimum absolute atomic E-state index is 0.00256. The molecule has 9 heteroatoms. The predicted octanol–water partition coefficient (Wildman–Crippen LogP) is 4.50. The van der Waals surface area contributed by atoms with E-state index < -0.39 is 0 Å². The molecule has 0 radical (unpaired) electrons. The van der Waals surface area contributed by atoms with Gasteiger partial charge in [-0.25, -0.2) is 0 Å². The molecule has 0 saturated heterocycles. The Morgan fingerprint density at radius 3 is 2.05 bits per heavy atom. The van der Waals surface area contributed by atoms with Gasteiger partial charge < -0.3 is 9.47 Å². The van der Waals surface area contributed by atoms with Crippen LogP contribution in [-0.2, 0) is 0 Å². The molecule has 0 fully saturated rings. The molecule has 0 atom stereocenters. The SMILES string of the molecule is COc1cc(Br)c(Oc2nc(Cl)nc(Cl)n2)cc1Br. The lowest BCUT2D eigenvalue weighted by atomic mass is 10.3. The Morgan fingerprint density at radius 2 is 1.47 bits per heavy atom. The second-order valence-corrected chi connectivity index (χ2v) is 5.56. The van der Waals surface area contributed by atoms with Gasteiger partial charge >= 0.3 is 6.01 Å². The molecule has 0 aliphatic carbocycles. The van der Waals surface area contributed by atoms with E-state index in [2.05, 4.69) is 46.8 Å². The molecule has 100 valence electrons. The lowest BCUT2D eigenvalue weighted by Crippen LogP contribution is -1.96. The Morgan fingerprint density at radius 1 is 0.947 bits per heavy atom. The van der Waals surface area contributed by atoms with Crippen LogP contribution >= 0.6 is 55.1 Å². The fourth-order valence-corrected chi connectivity index (χ4v) is 2.43. The summed E-state index contributed by atoms with van der Waals surface area (Å²) in [5.74, 6) is 1.14. The van der Waals surface area contributed by atoms with Gasteiger partial charge in [-0.3, -0.25) is 0 Å². The normalized spacial score (nSPS) is 10.4. The van der Waals surface area contributed by atoms with E-state index in [9.17, 15) is 0 Å². The van der Waals surface area contributed by atoms with Crippen LogP contribution in [0.15, 0.2) is 21.1 Å². The van der Waals surface area contributed by atoms with Gasteiger partial charge in [0, 0.05) is 6.07 Å². The molecule has 1 aromatic heterocycles. The van der Waals surface area contributed by atoms with Gasteiger partial charge in [-0.05, 0) is 61.1 Å². The van der Waals surface area contributed by atoms with Crippen LogP contribution in [0, 0.1) is 0 Å². The van der Waals surface area contributed by atoms with Crippen molar-refractivity contribution in [2.75, 3.05) is 7.11 Å². The number of rotatable bonds is 3. The molecule has 2 rings (SSSR count). The first-order chi connectivity index (χ1) is 8.99. The minimum atomic E-state index is -0.0429. The van der Waals surface area contributed by atoms with E-state index in [0.717, 1.165) is 4.47 Å². The predicted molar refractivity (Wildman–Crippen MR) is 78.3 cm³/mol. The van der Waals surface area contributed by atoms with Crippen LogP contribution in [0.5, 0.6) is 17.5 Å². The van der Waals surface area contributed by atoms with E-state index in [1.807, 2.05) is 0 Å². The number of ether oxygens (including phenoxy) is 2. The third-order valence-corrected chi connectivity index (χ3v) is 3.55. The molecule has 0 amide bonds. The van der Waals surface area contributed by atoms with Gasteiger partial charge in [0.15, 0.2) is 0 Å². The van der Waals surface area contributed by atoms with Crippen LogP contribution in [0.1, 0.15) is 0 Å². The zero-order valence-corrected chi connectivity index (χ0v) is 14.0. The van der Waals surface area contributed by atoms with Crippen LogP contribution in [0.25, 0.3) is 0 Å². The molecular formula is C10H5Br2Cl2N3O2. The molecule has 19 heavy (non-hydrogen) atoms. The molecule has 0 aliphatic rings. The highest BCUT2D eigenvalue weighted by Gasteiger charge is 2.12. The van der Waals surface area contributed by atoms with Crippen molar-refractivity contribution in [1.29, 1.82) is 0 Å². The molecule has 5 nitrogen and oxygen atoms in total. The van der Waals surface area contributed by atoms with Crippen LogP contribution < -0.4 is 9.47 Å². The average Bonchev–Trinajstić information content (AvgIpc) is 2.32. The molecule has 0 saturated carbocycles. The Labute approximate surface area is 135 Å². The molecule has 1 heterocycles. The van der Waals surface area contributed by atoms with Crippen molar-refractivity contribution in [3.63, 3.8) is 0 Å². The molecule has 0 spiro atoms. The second-order valence-electron chi connectivity index (χ2n) is 3.18. The summed E-state index contributed by atoms with van der Waals surface area (Å²) in [6.45, 7) is 0. The first kappa shape index (κ1) is 14.8. The van der Waals surface area contributed by atoms with Crippen molar-refractivity contribution < 1.29 is 9.47 Å². The molecule has 0 bridgehead atoms. The van der Waals surface area contributed by atoms with Crippen LogP contribution in [0.3, 0.4) is 0 Å². The molecule has 0 unspecified atom stereocenters. The number of aromatic nitrogens is 3. The summed E-state index contributed by atoms with van der Waals surface area (Å²) in [7, 11) is 1.57. The van der Waals surface area contributed by atoms with Gasteiger partial charge in [0.1, 0.15) is 11.5 Å². The smallest absolute Gasteiger partial charge is 0.327 e. The van der Waals surface area contributed by atoms with E-state index in [-0.39, 0.29) is 16.6 Å². The maximum atomic E-state index is 5.67. The van der Waals surface area contributed by atoms with Crippen molar-refractivity contribution in [3.8, 4) is 17.5 Å². The largest absolute Gasteiger partial charge is 0.496 e. The summed E-state index contributed by atoms with van der Waals surface area (Å²) < 4.78 is 12.0. The lowest BCUT2D eigenvalue weighted by molar-refractivity contribution is 0.406. The number of hydrogen-bond acceptors (Lipinski definition) is 5. The van der Waals surface area contributed by atoms with E-state index >= 15 is 0 Å². The highest BCUT2D eigenvalue weighted by molar-refractivity contribution is 9.11. The number of halogens is 4. The van der Waals surface area contributed by atoms with Gasteiger partial charge in [0.05, 0.1) is 16.1 Å². The van der Waals surface area contributed by atoms with Crippen LogP contribution in [0.4, 0.5) is 0 Å². The van der Waals surface area contributed by atoms with Gasteiger partial charge in [0.25, 0.3) is 0 Å². The van der Waals surface area contributed by atoms with E-state index in [1.165, 1.54) is 0 Å². The second kappa shape index (κ2) is 6.21. The van der Waals surface area contributed by atoms with Crippen molar-refractivity contribution in [2.45, 2.75) is 0 Å². The van der Waals surface area contributed by atoms with Gasteiger partial charge in [-0.1, -0.05) is 0 Å². The summed E-state index contributed by atoms with van der Waals surface area (Å²) in [5.41, 5.74) is 0. The van der Waals surface area contributed by atoms with Crippen LogP contribution in [0.2, 0.25) is 10.6 Å². The third-order valence-electron chi connectivity index (χ3n) is 1.97. The molecular weight excluding hydrogens is 425 g/mol. The van der Waals surface area contributed by atoms with Gasteiger partial charge in [0.2, 0.25) is 10.6 Å². The summed E-state index contributed by atoms with van der Waals surface area (Å²) in [4.78, 5) is 11.3. The third kappa shape index (κ3) is 3.68. The Bertz CT molecular complexity index is 608. The molecule has 2 aromatic rings. The molecule has 0 N–H and O–H groups in total. The zero-order valence-electron chi connectivity index (χ0n) is 9.32. The highest BCUT2D eigenvalue weighted by atomic mass is 79.9. The van der Waals surface area contributed by atoms with Crippen molar-refractivity contribution in [1.82, 2.24) is 15.0 Å². The quantitative estimate of drug-likeness (QED) is 0.718. The first-order valence-electron chi connectivity index (χ1n) is 4.77. The molecule has 0 aliphatic heterocycles. The fraction of sp³-hybridized carbons (Fsp3) is 0.100. The maximum absolute atomic E-state index is 5.67. The van der Waals surface area contributed by atoms with E-state index in [1.54, 1.807) is 19.2 Å². The first-order valence-corrected chi connectivity index (χ1v) is 7.11. The Balaban J connectivity index is 2.35. The number of methoxy groups -OCH3 is 1. The summed E-state index contributed by atoms with van der Waals surface area (Å²) in [6, 6.07) is 3.45.